The summed E-state index contributed by atoms with van der Waals surface area (Å²) in [4.78, 5) is 11.2. The highest BCUT2D eigenvalue weighted by Crippen LogP contribution is 2.44. The molecule has 1 aliphatic carbocycles. The lowest BCUT2D eigenvalue weighted by Gasteiger charge is -2.42. The van der Waals surface area contributed by atoms with E-state index in [1.165, 1.54) is 12.1 Å². The Bertz CT molecular complexity index is 441. The van der Waals surface area contributed by atoms with E-state index in [1.807, 2.05) is 0 Å². The van der Waals surface area contributed by atoms with Gasteiger partial charge in [-0.2, -0.15) is 0 Å². The molecule has 16 heavy (non-hydrogen) atoms. The highest BCUT2D eigenvalue weighted by Gasteiger charge is 2.51. The summed E-state index contributed by atoms with van der Waals surface area (Å²) >= 11 is 3.01. The van der Waals surface area contributed by atoms with Crippen molar-refractivity contribution in [2.24, 2.45) is 0 Å². The van der Waals surface area contributed by atoms with Gasteiger partial charge in [-0.15, -0.1) is 0 Å². The highest BCUT2D eigenvalue weighted by atomic mass is 79.9. The molecule has 1 saturated carbocycles. The lowest BCUT2D eigenvalue weighted by molar-refractivity contribution is -0.152. The molecule has 1 aromatic carbocycles. The number of aliphatic hydroxyl groups is 1. The fraction of sp³-hybridized carbons (Fsp3) is 0.364. The molecule has 1 aliphatic rings. The number of carboxylic acids is 1. The first-order chi connectivity index (χ1) is 7.45. The predicted molar refractivity (Wildman–Crippen MR) is 58.7 cm³/mol. The monoisotopic (exact) mass is 288 g/mol. The van der Waals surface area contributed by atoms with Crippen LogP contribution in [-0.2, 0) is 10.2 Å². The quantitative estimate of drug-likeness (QED) is 0.876. The zero-order valence-electron chi connectivity index (χ0n) is 8.28. The van der Waals surface area contributed by atoms with Crippen LogP contribution in [0.2, 0.25) is 0 Å². The maximum Gasteiger partial charge on any atom is 0.314 e. The fourth-order valence-electron chi connectivity index (χ4n) is 2.07. The minimum Gasteiger partial charge on any atom is -0.481 e. The summed E-state index contributed by atoms with van der Waals surface area (Å²) in [5.74, 6) is -1.50. The van der Waals surface area contributed by atoms with Gasteiger partial charge in [0.15, 0.2) is 0 Å². The predicted octanol–water partition coefficient (Wildman–Crippen LogP) is 2.07. The molecule has 0 unspecified atom stereocenters. The summed E-state index contributed by atoms with van der Waals surface area (Å²) in [6.45, 7) is 0. The molecule has 0 heterocycles. The van der Waals surface area contributed by atoms with Gasteiger partial charge >= 0.3 is 5.97 Å². The van der Waals surface area contributed by atoms with Gasteiger partial charge in [0.1, 0.15) is 5.82 Å². The second kappa shape index (κ2) is 3.82. The molecule has 0 spiro atoms. The number of aliphatic hydroxyl groups excluding tert-OH is 1. The molecule has 2 N–H and O–H groups in total. The van der Waals surface area contributed by atoms with Gasteiger partial charge in [-0.25, -0.2) is 4.39 Å². The number of benzene rings is 1. The first-order valence-electron chi connectivity index (χ1n) is 4.83. The second-order valence-corrected chi connectivity index (χ2v) is 4.93. The number of carboxylic acid groups (broad SMARTS) is 1. The van der Waals surface area contributed by atoms with E-state index in [9.17, 15) is 14.3 Å². The van der Waals surface area contributed by atoms with Crippen LogP contribution in [0.15, 0.2) is 22.7 Å². The molecule has 2 rings (SSSR count). The smallest absolute Gasteiger partial charge is 0.314 e. The van der Waals surface area contributed by atoms with Crippen LogP contribution >= 0.6 is 15.9 Å². The van der Waals surface area contributed by atoms with Gasteiger partial charge in [-0.05, 0) is 46.5 Å². The minimum atomic E-state index is -1.12. The molecule has 3 nitrogen and oxygen atoms in total. The molecule has 0 aliphatic heterocycles. The third-order valence-electron chi connectivity index (χ3n) is 3.05. The van der Waals surface area contributed by atoms with Crippen LogP contribution in [0, 0.1) is 5.82 Å². The van der Waals surface area contributed by atoms with E-state index in [4.69, 9.17) is 5.11 Å². The van der Waals surface area contributed by atoms with Crippen LogP contribution in [0.5, 0.6) is 0 Å². The van der Waals surface area contributed by atoms with Crippen molar-refractivity contribution in [1.82, 2.24) is 0 Å². The molecular formula is C11H10BrFO3. The van der Waals surface area contributed by atoms with Crippen molar-refractivity contribution in [3.05, 3.63) is 34.1 Å². The van der Waals surface area contributed by atoms with E-state index in [0.717, 1.165) is 0 Å². The standard InChI is InChI=1S/C11H10BrFO3/c12-8-2-1-6(3-9(8)13)11(10(15)16)4-7(14)5-11/h1-3,7,14H,4-5H2,(H,15,16). The average molecular weight is 289 g/mol. The Labute approximate surface area is 100 Å². The molecule has 86 valence electrons. The Morgan fingerprint density at radius 3 is 2.56 bits per heavy atom. The van der Waals surface area contributed by atoms with Crippen LogP contribution < -0.4 is 0 Å². The molecule has 5 heteroatoms. The van der Waals surface area contributed by atoms with Gasteiger partial charge < -0.3 is 10.2 Å². The van der Waals surface area contributed by atoms with Crippen molar-refractivity contribution in [3.63, 3.8) is 0 Å². The number of aliphatic carboxylic acids is 1. The van der Waals surface area contributed by atoms with Crippen molar-refractivity contribution in [1.29, 1.82) is 0 Å². The summed E-state index contributed by atoms with van der Waals surface area (Å²) in [6, 6.07) is 4.28. The Morgan fingerprint density at radius 2 is 2.12 bits per heavy atom. The van der Waals surface area contributed by atoms with Gasteiger partial charge in [0.05, 0.1) is 16.0 Å². The van der Waals surface area contributed by atoms with Crippen molar-refractivity contribution in [3.8, 4) is 0 Å². The molecule has 1 fully saturated rings. The van der Waals surface area contributed by atoms with Gasteiger partial charge in [0, 0.05) is 0 Å². The third-order valence-corrected chi connectivity index (χ3v) is 3.69. The van der Waals surface area contributed by atoms with Gasteiger partial charge in [-0.3, -0.25) is 4.79 Å². The summed E-state index contributed by atoms with van der Waals surface area (Å²) in [7, 11) is 0. The molecule has 0 aromatic heterocycles. The third kappa shape index (κ3) is 1.64. The lowest BCUT2D eigenvalue weighted by atomic mass is 9.63. The van der Waals surface area contributed by atoms with E-state index >= 15 is 0 Å². The lowest BCUT2D eigenvalue weighted by Crippen LogP contribution is -2.50. The number of hydrogen-bond donors (Lipinski definition) is 2. The summed E-state index contributed by atoms with van der Waals surface area (Å²) < 4.78 is 13.6. The number of carbonyl (C=O) groups is 1. The maximum absolute atomic E-state index is 13.3. The van der Waals surface area contributed by atoms with Crippen molar-refractivity contribution < 1.29 is 19.4 Å². The fourth-order valence-corrected chi connectivity index (χ4v) is 2.32. The Hall–Kier alpha value is -0.940. The summed E-state index contributed by atoms with van der Waals surface area (Å²) in [5.41, 5.74) is -0.716. The molecular weight excluding hydrogens is 279 g/mol. The van der Waals surface area contributed by atoms with Crippen LogP contribution in [-0.4, -0.2) is 22.3 Å². The summed E-state index contributed by atoms with van der Waals surface area (Å²) in [5, 5.41) is 18.4. The SMILES string of the molecule is O=C(O)C1(c2ccc(Br)c(F)c2)CC(O)C1. The number of hydrogen-bond acceptors (Lipinski definition) is 2. The molecule has 0 amide bonds. The normalized spacial score (nSPS) is 28.6. The van der Waals surface area contributed by atoms with Crippen LogP contribution in [0.25, 0.3) is 0 Å². The van der Waals surface area contributed by atoms with Crippen LogP contribution in [0.3, 0.4) is 0 Å². The highest BCUT2D eigenvalue weighted by molar-refractivity contribution is 9.10. The van der Waals surface area contributed by atoms with Gasteiger partial charge in [-0.1, -0.05) is 6.07 Å². The zero-order chi connectivity index (χ0) is 11.9. The first kappa shape index (κ1) is 11.5. The molecule has 1 aromatic rings. The second-order valence-electron chi connectivity index (χ2n) is 4.08. The summed E-state index contributed by atoms with van der Waals surface area (Å²) in [6.07, 6.45) is -0.324. The topological polar surface area (TPSA) is 57.5 Å². The van der Waals surface area contributed by atoms with Gasteiger partial charge in [0.2, 0.25) is 0 Å². The number of rotatable bonds is 2. The van der Waals surface area contributed by atoms with Crippen molar-refractivity contribution in [2.75, 3.05) is 0 Å². The van der Waals surface area contributed by atoms with E-state index in [0.29, 0.717) is 10.0 Å². The van der Waals surface area contributed by atoms with E-state index in [-0.39, 0.29) is 12.8 Å². The number of halogens is 2. The Balaban J connectivity index is 2.41. The van der Waals surface area contributed by atoms with E-state index in [2.05, 4.69) is 15.9 Å². The Kier molecular flexibility index (Phi) is 2.75. The van der Waals surface area contributed by atoms with Crippen molar-refractivity contribution in [2.45, 2.75) is 24.4 Å². The van der Waals surface area contributed by atoms with Gasteiger partial charge in [0.25, 0.3) is 0 Å². The van der Waals surface area contributed by atoms with Crippen LogP contribution in [0.4, 0.5) is 4.39 Å². The largest absolute Gasteiger partial charge is 0.481 e. The molecule has 0 saturated heterocycles. The molecule has 0 radical (unpaired) electrons. The molecule has 0 atom stereocenters. The molecule has 0 bridgehead atoms. The maximum atomic E-state index is 13.3. The Morgan fingerprint density at radius 1 is 1.50 bits per heavy atom. The minimum absolute atomic E-state index is 0.142. The van der Waals surface area contributed by atoms with Crippen LogP contribution in [0.1, 0.15) is 18.4 Å². The average Bonchev–Trinajstić information content (AvgIpc) is 2.17. The van der Waals surface area contributed by atoms with E-state index < -0.39 is 23.3 Å². The zero-order valence-corrected chi connectivity index (χ0v) is 9.87. The first-order valence-corrected chi connectivity index (χ1v) is 5.62. The van der Waals surface area contributed by atoms with E-state index in [1.54, 1.807) is 6.07 Å². The van der Waals surface area contributed by atoms with Crippen molar-refractivity contribution >= 4 is 21.9 Å².